The van der Waals surface area contributed by atoms with Crippen LogP contribution in [-0.2, 0) is 6.42 Å². The first kappa shape index (κ1) is 9.04. The van der Waals surface area contributed by atoms with Gasteiger partial charge in [-0.05, 0) is 30.9 Å². The van der Waals surface area contributed by atoms with E-state index in [1.165, 1.54) is 18.4 Å². The monoisotopic (exact) mass is 204 g/mol. The predicted molar refractivity (Wildman–Crippen MR) is 60.0 cm³/mol. The minimum Gasteiger partial charge on any atom is -0.490 e. The van der Waals surface area contributed by atoms with Crippen LogP contribution in [0.4, 0.5) is 5.69 Å². The minimum atomic E-state index is 0.465. The maximum atomic E-state index is 5.85. The Bertz CT molecular complexity index is 374. The summed E-state index contributed by atoms with van der Waals surface area (Å²) in [6, 6.07) is 7.20. The summed E-state index contributed by atoms with van der Waals surface area (Å²) in [5.41, 5.74) is 7.85. The molecule has 1 aliphatic heterocycles. The highest BCUT2D eigenvalue weighted by molar-refractivity contribution is 5.57. The van der Waals surface area contributed by atoms with Crippen molar-refractivity contribution in [2.24, 2.45) is 0 Å². The molecule has 3 N–H and O–H groups in total. The molecule has 0 spiro atoms. The molecule has 15 heavy (non-hydrogen) atoms. The summed E-state index contributed by atoms with van der Waals surface area (Å²) in [4.78, 5) is 0. The lowest BCUT2D eigenvalue weighted by Gasteiger charge is -2.27. The number of rotatable bonds is 2. The smallest absolute Gasteiger partial charge is 0.145 e. The molecular weight excluding hydrogens is 188 g/mol. The van der Waals surface area contributed by atoms with E-state index in [2.05, 4.69) is 11.4 Å². The van der Waals surface area contributed by atoms with Crippen molar-refractivity contribution in [3.8, 4) is 5.75 Å². The van der Waals surface area contributed by atoms with Crippen molar-refractivity contribution in [1.82, 2.24) is 5.32 Å². The summed E-state index contributed by atoms with van der Waals surface area (Å²) < 4.78 is 5.71. The molecule has 0 radical (unpaired) electrons. The van der Waals surface area contributed by atoms with Crippen LogP contribution in [0, 0.1) is 0 Å². The fourth-order valence-corrected chi connectivity index (χ4v) is 2.14. The summed E-state index contributed by atoms with van der Waals surface area (Å²) in [5, 5.41) is 3.59. The second-order valence-electron chi connectivity index (χ2n) is 4.49. The molecule has 0 aromatic heterocycles. The fraction of sp³-hybridized carbons (Fsp3) is 0.500. The third kappa shape index (κ3) is 1.79. The van der Waals surface area contributed by atoms with E-state index in [4.69, 9.17) is 10.5 Å². The SMILES string of the molecule is Nc1cccc2c1OCC(NC1CC1)C2. The van der Waals surface area contributed by atoms with Crippen molar-refractivity contribution < 1.29 is 4.74 Å². The van der Waals surface area contributed by atoms with Gasteiger partial charge in [0.2, 0.25) is 0 Å². The Morgan fingerprint density at radius 1 is 1.27 bits per heavy atom. The molecule has 1 aromatic rings. The molecule has 1 unspecified atom stereocenters. The van der Waals surface area contributed by atoms with Gasteiger partial charge in [-0.15, -0.1) is 0 Å². The number of ether oxygens (including phenoxy) is 1. The number of benzene rings is 1. The zero-order chi connectivity index (χ0) is 10.3. The number of anilines is 1. The molecule has 0 amide bonds. The van der Waals surface area contributed by atoms with E-state index >= 15 is 0 Å². The third-order valence-corrected chi connectivity index (χ3v) is 3.07. The second-order valence-corrected chi connectivity index (χ2v) is 4.49. The zero-order valence-electron chi connectivity index (χ0n) is 8.70. The summed E-state index contributed by atoms with van der Waals surface area (Å²) in [7, 11) is 0. The Morgan fingerprint density at radius 3 is 2.93 bits per heavy atom. The Balaban J connectivity index is 1.77. The molecular formula is C12H16N2O. The van der Waals surface area contributed by atoms with Crippen molar-refractivity contribution in [2.45, 2.75) is 31.3 Å². The normalized spacial score (nSPS) is 24.4. The summed E-state index contributed by atoms with van der Waals surface area (Å²) >= 11 is 0. The lowest BCUT2D eigenvalue weighted by molar-refractivity contribution is 0.239. The Kier molecular flexibility index (Phi) is 2.06. The van der Waals surface area contributed by atoms with E-state index < -0.39 is 0 Å². The molecule has 1 saturated carbocycles. The zero-order valence-corrected chi connectivity index (χ0v) is 8.70. The maximum absolute atomic E-state index is 5.85. The molecule has 3 heteroatoms. The van der Waals surface area contributed by atoms with Crippen molar-refractivity contribution in [2.75, 3.05) is 12.3 Å². The lowest BCUT2D eigenvalue weighted by atomic mass is 10.0. The molecule has 1 atom stereocenters. The van der Waals surface area contributed by atoms with Gasteiger partial charge >= 0.3 is 0 Å². The van der Waals surface area contributed by atoms with Gasteiger partial charge in [0, 0.05) is 12.1 Å². The average Bonchev–Trinajstić information content (AvgIpc) is 3.02. The average molecular weight is 204 g/mol. The van der Waals surface area contributed by atoms with Crippen molar-refractivity contribution in [1.29, 1.82) is 0 Å². The van der Waals surface area contributed by atoms with E-state index in [-0.39, 0.29) is 0 Å². The van der Waals surface area contributed by atoms with Gasteiger partial charge in [-0.3, -0.25) is 0 Å². The van der Waals surface area contributed by atoms with Gasteiger partial charge in [0.25, 0.3) is 0 Å². The summed E-state index contributed by atoms with van der Waals surface area (Å²) in [6.07, 6.45) is 3.68. The molecule has 1 aliphatic carbocycles. The van der Waals surface area contributed by atoms with Gasteiger partial charge in [-0.1, -0.05) is 12.1 Å². The van der Waals surface area contributed by atoms with Crippen molar-refractivity contribution >= 4 is 5.69 Å². The van der Waals surface area contributed by atoms with Gasteiger partial charge < -0.3 is 15.8 Å². The van der Waals surface area contributed by atoms with Crippen LogP contribution in [0.1, 0.15) is 18.4 Å². The van der Waals surface area contributed by atoms with Crippen LogP contribution in [0.25, 0.3) is 0 Å². The summed E-state index contributed by atoms with van der Waals surface area (Å²) in [6.45, 7) is 0.748. The van der Waals surface area contributed by atoms with Crippen LogP contribution in [0.15, 0.2) is 18.2 Å². The molecule has 3 rings (SSSR count). The quantitative estimate of drug-likeness (QED) is 0.714. The Labute approximate surface area is 89.6 Å². The van der Waals surface area contributed by atoms with Crippen LogP contribution in [0.3, 0.4) is 0 Å². The van der Waals surface area contributed by atoms with Crippen molar-refractivity contribution in [3.05, 3.63) is 23.8 Å². The third-order valence-electron chi connectivity index (χ3n) is 3.07. The second kappa shape index (κ2) is 3.42. The number of nitrogen functional groups attached to an aromatic ring is 1. The standard InChI is InChI=1S/C12H16N2O/c13-11-3-1-2-8-6-10(7-15-12(8)11)14-9-4-5-9/h1-3,9-10,14H,4-7,13H2. The number of hydrogen-bond donors (Lipinski definition) is 2. The number of fused-ring (bicyclic) bond motifs is 1. The van der Waals surface area contributed by atoms with Crippen LogP contribution in [0.5, 0.6) is 5.75 Å². The fourth-order valence-electron chi connectivity index (χ4n) is 2.14. The van der Waals surface area contributed by atoms with Crippen LogP contribution in [0.2, 0.25) is 0 Å². The predicted octanol–water partition coefficient (Wildman–Crippen LogP) is 1.32. The maximum Gasteiger partial charge on any atom is 0.145 e. The largest absolute Gasteiger partial charge is 0.490 e. The molecule has 2 aliphatic rings. The van der Waals surface area contributed by atoms with Gasteiger partial charge in [-0.2, -0.15) is 0 Å². The van der Waals surface area contributed by atoms with Gasteiger partial charge in [0.15, 0.2) is 0 Å². The van der Waals surface area contributed by atoms with E-state index in [1.54, 1.807) is 0 Å². The first-order valence-corrected chi connectivity index (χ1v) is 5.59. The van der Waals surface area contributed by atoms with Crippen molar-refractivity contribution in [3.63, 3.8) is 0 Å². The van der Waals surface area contributed by atoms with Crippen LogP contribution in [-0.4, -0.2) is 18.7 Å². The Hall–Kier alpha value is -1.22. The molecule has 3 nitrogen and oxygen atoms in total. The highest BCUT2D eigenvalue weighted by Crippen LogP contribution is 2.31. The lowest BCUT2D eigenvalue weighted by Crippen LogP contribution is -2.40. The molecule has 0 bridgehead atoms. The highest BCUT2D eigenvalue weighted by atomic mass is 16.5. The van der Waals surface area contributed by atoms with E-state index in [9.17, 15) is 0 Å². The molecule has 0 saturated heterocycles. The molecule has 80 valence electrons. The topological polar surface area (TPSA) is 47.3 Å². The molecule has 1 fully saturated rings. The van der Waals surface area contributed by atoms with Gasteiger partial charge in [-0.25, -0.2) is 0 Å². The van der Waals surface area contributed by atoms with E-state index in [1.807, 2.05) is 12.1 Å². The van der Waals surface area contributed by atoms with Crippen LogP contribution >= 0.6 is 0 Å². The number of hydrogen-bond acceptors (Lipinski definition) is 3. The first-order valence-electron chi connectivity index (χ1n) is 5.59. The minimum absolute atomic E-state index is 0.465. The molecule has 1 aromatic carbocycles. The van der Waals surface area contributed by atoms with Gasteiger partial charge in [0.05, 0.1) is 5.69 Å². The van der Waals surface area contributed by atoms with Gasteiger partial charge in [0.1, 0.15) is 12.4 Å². The van der Waals surface area contributed by atoms with Crippen LogP contribution < -0.4 is 15.8 Å². The van der Waals surface area contributed by atoms with E-state index in [0.29, 0.717) is 6.04 Å². The van der Waals surface area contributed by atoms with E-state index in [0.717, 1.165) is 30.5 Å². The molecule has 1 heterocycles. The number of nitrogens with one attached hydrogen (secondary N) is 1. The number of para-hydroxylation sites is 1. The Morgan fingerprint density at radius 2 is 2.13 bits per heavy atom. The highest BCUT2D eigenvalue weighted by Gasteiger charge is 2.28. The first-order chi connectivity index (χ1) is 7.33. The summed E-state index contributed by atoms with van der Waals surface area (Å²) in [5.74, 6) is 0.895. The number of nitrogens with two attached hydrogens (primary N) is 1.